The van der Waals surface area contributed by atoms with E-state index in [1.807, 2.05) is 12.1 Å². The Bertz CT molecular complexity index is 1210. The van der Waals surface area contributed by atoms with E-state index in [0.717, 1.165) is 42.4 Å². The summed E-state index contributed by atoms with van der Waals surface area (Å²) in [6.07, 6.45) is 6.56. The van der Waals surface area contributed by atoms with Crippen molar-refractivity contribution < 1.29 is 22.3 Å². The summed E-state index contributed by atoms with van der Waals surface area (Å²) in [4.78, 5) is 0. The molecule has 0 spiro atoms. The maximum Gasteiger partial charge on any atom is 0.201 e. The number of fused-ring (bicyclic) bond motifs is 1. The fourth-order valence-corrected chi connectivity index (χ4v) is 4.41. The first-order valence-electron chi connectivity index (χ1n) is 11.2. The highest BCUT2D eigenvalue weighted by molar-refractivity contribution is 5.74. The first-order chi connectivity index (χ1) is 15.9. The fourth-order valence-electron chi connectivity index (χ4n) is 4.41. The Morgan fingerprint density at radius 1 is 0.818 bits per heavy atom. The highest BCUT2D eigenvalue weighted by atomic mass is 19.2. The zero-order valence-electron chi connectivity index (χ0n) is 18.8. The van der Waals surface area contributed by atoms with Gasteiger partial charge in [-0.2, -0.15) is 4.39 Å². The van der Waals surface area contributed by atoms with E-state index in [9.17, 15) is 13.2 Å². The maximum absolute atomic E-state index is 15.3. The van der Waals surface area contributed by atoms with Crippen molar-refractivity contribution in [2.45, 2.75) is 45.4 Å². The normalized spacial score (nSPS) is 13.0. The average molecular weight is 455 g/mol. The highest BCUT2D eigenvalue weighted by Crippen LogP contribution is 2.37. The number of unbranched alkanes of at least 4 members (excludes halogenated alkanes) is 2. The van der Waals surface area contributed by atoms with E-state index in [1.165, 1.54) is 25.3 Å². The third-order valence-corrected chi connectivity index (χ3v) is 6.28. The van der Waals surface area contributed by atoms with Gasteiger partial charge in [-0.15, -0.1) is 0 Å². The van der Waals surface area contributed by atoms with E-state index in [-0.39, 0.29) is 29.1 Å². The first-order valence-corrected chi connectivity index (χ1v) is 11.2. The van der Waals surface area contributed by atoms with Crippen molar-refractivity contribution in [3.05, 3.63) is 94.1 Å². The molecule has 172 valence electrons. The monoisotopic (exact) mass is 454 g/mol. The molecule has 0 saturated carbocycles. The van der Waals surface area contributed by atoms with E-state index in [1.54, 1.807) is 18.2 Å². The topological polar surface area (TPSA) is 9.23 Å². The maximum atomic E-state index is 15.3. The van der Waals surface area contributed by atoms with Crippen molar-refractivity contribution in [3.8, 4) is 16.9 Å². The molecule has 0 unspecified atom stereocenters. The summed E-state index contributed by atoms with van der Waals surface area (Å²) >= 11 is 0. The number of hydrogen-bond acceptors (Lipinski definition) is 1. The van der Waals surface area contributed by atoms with Crippen molar-refractivity contribution in [1.29, 1.82) is 0 Å². The van der Waals surface area contributed by atoms with E-state index >= 15 is 4.39 Å². The molecule has 1 nitrogen and oxygen atoms in total. The van der Waals surface area contributed by atoms with Gasteiger partial charge in [0.25, 0.3) is 0 Å². The fraction of sp³-hybridized carbons (Fsp3) is 0.286. The Hall–Kier alpha value is -3.08. The zero-order valence-corrected chi connectivity index (χ0v) is 18.8. The number of methoxy groups -OCH3 is 1. The van der Waals surface area contributed by atoms with Gasteiger partial charge in [0, 0.05) is 16.7 Å². The Morgan fingerprint density at radius 2 is 1.55 bits per heavy atom. The van der Waals surface area contributed by atoms with Crippen LogP contribution in [-0.4, -0.2) is 7.11 Å². The molecule has 1 aliphatic rings. The van der Waals surface area contributed by atoms with Crippen molar-refractivity contribution in [2.75, 3.05) is 7.11 Å². The minimum Gasteiger partial charge on any atom is -0.494 e. The SMILES string of the molecule is CCCCCc1ccc(C2=CCc3c(ccc(-c4ccc(OC)c(F)c4F)c3F)C2)c(F)c1. The number of benzene rings is 3. The number of aryl methyl sites for hydroxylation is 1. The lowest BCUT2D eigenvalue weighted by atomic mass is 9.85. The minimum atomic E-state index is -1.15. The van der Waals surface area contributed by atoms with Gasteiger partial charge >= 0.3 is 0 Å². The van der Waals surface area contributed by atoms with Crippen LogP contribution in [0.5, 0.6) is 5.75 Å². The second-order valence-electron chi connectivity index (χ2n) is 8.39. The van der Waals surface area contributed by atoms with Gasteiger partial charge in [-0.3, -0.25) is 0 Å². The van der Waals surface area contributed by atoms with Crippen LogP contribution in [0, 0.1) is 23.3 Å². The molecule has 5 heteroatoms. The molecule has 33 heavy (non-hydrogen) atoms. The molecule has 0 fully saturated rings. The first kappa shape index (κ1) is 23.1. The van der Waals surface area contributed by atoms with Gasteiger partial charge in [-0.25, -0.2) is 13.2 Å². The summed E-state index contributed by atoms with van der Waals surface area (Å²) < 4.78 is 63.6. The third-order valence-electron chi connectivity index (χ3n) is 6.28. The molecule has 3 aromatic carbocycles. The molecular weight excluding hydrogens is 428 g/mol. The smallest absolute Gasteiger partial charge is 0.201 e. The van der Waals surface area contributed by atoms with Crippen LogP contribution in [0.2, 0.25) is 0 Å². The van der Waals surface area contributed by atoms with Crippen molar-refractivity contribution in [2.24, 2.45) is 0 Å². The molecule has 4 rings (SSSR count). The average Bonchev–Trinajstić information content (AvgIpc) is 2.81. The minimum absolute atomic E-state index is 0.00716. The Balaban J connectivity index is 1.61. The van der Waals surface area contributed by atoms with E-state index in [4.69, 9.17) is 4.74 Å². The van der Waals surface area contributed by atoms with Crippen LogP contribution in [0.4, 0.5) is 17.6 Å². The van der Waals surface area contributed by atoms with Crippen molar-refractivity contribution in [1.82, 2.24) is 0 Å². The van der Waals surface area contributed by atoms with Crippen LogP contribution in [0.25, 0.3) is 16.7 Å². The summed E-state index contributed by atoms with van der Waals surface area (Å²) in [5.41, 5.74) is 3.27. The molecule has 3 aromatic rings. The van der Waals surface area contributed by atoms with E-state index < -0.39 is 17.5 Å². The van der Waals surface area contributed by atoms with Crippen LogP contribution in [-0.2, 0) is 19.3 Å². The summed E-state index contributed by atoms with van der Waals surface area (Å²) in [5.74, 6) is -3.39. The molecule has 0 bridgehead atoms. The molecule has 0 aliphatic heterocycles. The van der Waals surface area contributed by atoms with Gasteiger partial charge in [-0.1, -0.05) is 50.1 Å². The molecule has 0 N–H and O–H groups in total. The lowest BCUT2D eigenvalue weighted by molar-refractivity contribution is 0.372. The Morgan fingerprint density at radius 3 is 2.27 bits per heavy atom. The molecule has 0 heterocycles. The summed E-state index contributed by atoms with van der Waals surface area (Å²) in [6, 6.07) is 11.1. The van der Waals surface area contributed by atoms with Gasteiger partial charge in [-0.05, 0) is 66.1 Å². The highest BCUT2D eigenvalue weighted by Gasteiger charge is 2.23. The van der Waals surface area contributed by atoms with Crippen LogP contribution in [0.15, 0.2) is 48.5 Å². The van der Waals surface area contributed by atoms with Crippen LogP contribution >= 0.6 is 0 Å². The molecule has 0 atom stereocenters. The lowest BCUT2D eigenvalue weighted by Gasteiger charge is -2.20. The predicted octanol–water partition coefficient (Wildman–Crippen LogP) is 7.83. The Kier molecular flexibility index (Phi) is 6.87. The number of hydrogen-bond donors (Lipinski definition) is 0. The zero-order chi connectivity index (χ0) is 23.5. The number of rotatable bonds is 7. The standard InChI is InChI=1S/C28H26F4O/c1-3-4-5-6-17-7-10-20(24(29)15-17)18-8-11-21-19(16-18)9-12-22(26(21)30)23-13-14-25(33-2)28(32)27(23)31/h7-10,12-15H,3-6,11,16H2,1-2H3. The van der Waals surface area contributed by atoms with E-state index in [2.05, 4.69) is 6.92 Å². The van der Waals surface area contributed by atoms with Crippen LogP contribution in [0.3, 0.4) is 0 Å². The second kappa shape index (κ2) is 9.82. The largest absolute Gasteiger partial charge is 0.494 e. The molecule has 0 aromatic heterocycles. The predicted molar refractivity (Wildman–Crippen MR) is 123 cm³/mol. The third kappa shape index (κ3) is 4.54. The summed E-state index contributed by atoms with van der Waals surface area (Å²) in [5, 5.41) is 0. The van der Waals surface area contributed by atoms with Crippen molar-refractivity contribution in [3.63, 3.8) is 0 Å². The van der Waals surface area contributed by atoms with Crippen molar-refractivity contribution >= 4 is 5.57 Å². The van der Waals surface area contributed by atoms with Gasteiger partial charge in [0.1, 0.15) is 11.6 Å². The van der Waals surface area contributed by atoms with Crippen LogP contribution in [0.1, 0.15) is 48.4 Å². The number of allylic oxidation sites excluding steroid dienone is 2. The Labute approximate surface area is 191 Å². The molecule has 0 amide bonds. The molecule has 0 saturated heterocycles. The lowest BCUT2D eigenvalue weighted by Crippen LogP contribution is -2.08. The van der Waals surface area contributed by atoms with Gasteiger partial charge in [0.2, 0.25) is 5.82 Å². The number of ether oxygens (including phenoxy) is 1. The summed E-state index contributed by atoms with van der Waals surface area (Å²) in [7, 11) is 1.24. The van der Waals surface area contributed by atoms with Gasteiger partial charge in [0.05, 0.1) is 7.11 Å². The number of halogens is 4. The van der Waals surface area contributed by atoms with Gasteiger partial charge in [0.15, 0.2) is 11.6 Å². The van der Waals surface area contributed by atoms with Gasteiger partial charge < -0.3 is 4.74 Å². The quantitative estimate of drug-likeness (QED) is 0.261. The molecule has 0 radical (unpaired) electrons. The van der Waals surface area contributed by atoms with Crippen LogP contribution < -0.4 is 4.74 Å². The summed E-state index contributed by atoms with van der Waals surface area (Å²) in [6.45, 7) is 2.13. The second-order valence-corrected chi connectivity index (χ2v) is 8.39. The molecular formula is C28H26F4O. The van der Waals surface area contributed by atoms with E-state index in [0.29, 0.717) is 17.5 Å². The molecule has 1 aliphatic carbocycles.